The van der Waals surface area contributed by atoms with E-state index in [1.54, 1.807) is 10.6 Å². The Labute approximate surface area is 112 Å². The molecule has 19 heavy (non-hydrogen) atoms. The molecule has 1 saturated carbocycles. The SMILES string of the molecule is N#Cc1cc(F)cc(Sc2n[nH]c(=O)n2C2CC2)c1. The van der Waals surface area contributed by atoms with Gasteiger partial charge in [0.2, 0.25) is 0 Å². The van der Waals surface area contributed by atoms with Gasteiger partial charge >= 0.3 is 5.69 Å². The molecule has 0 aliphatic heterocycles. The van der Waals surface area contributed by atoms with Gasteiger partial charge in [-0.15, -0.1) is 5.10 Å². The fraction of sp³-hybridized carbons (Fsp3) is 0.250. The van der Waals surface area contributed by atoms with E-state index < -0.39 is 5.82 Å². The molecule has 96 valence electrons. The summed E-state index contributed by atoms with van der Waals surface area (Å²) in [4.78, 5) is 12.2. The maximum atomic E-state index is 13.3. The lowest BCUT2D eigenvalue weighted by atomic mass is 10.2. The van der Waals surface area contributed by atoms with Crippen molar-refractivity contribution in [1.82, 2.24) is 14.8 Å². The van der Waals surface area contributed by atoms with Gasteiger partial charge in [-0.2, -0.15) is 5.26 Å². The van der Waals surface area contributed by atoms with E-state index in [2.05, 4.69) is 10.2 Å². The molecular formula is C12H9FN4OS. The maximum absolute atomic E-state index is 13.3. The fourth-order valence-electron chi connectivity index (χ4n) is 1.81. The van der Waals surface area contributed by atoms with Crippen LogP contribution in [0.4, 0.5) is 4.39 Å². The molecule has 0 radical (unpaired) electrons. The molecule has 1 fully saturated rings. The minimum atomic E-state index is -0.475. The molecule has 1 heterocycles. The van der Waals surface area contributed by atoms with Crippen LogP contribution in [-0.2, 0) is 0 Å². The van der Waals surface area contributed by atoms with Crippen LogP contribution in [-0.4, -0.2) is 14.8 Å². The van der Waals surface area contributed by atoms with Gasteiger partial charge in [-0.3, -0.25) is 4.57 Å². The summed E-state index contributed by atoms with van der Waals surface area (Å²) < 4.78 is 14.9. The highest BCUT2D eigenvalue weighted by molar-refractivity contribution is 7.99. The number of hydrogen-bond acceptors (Lipinski definition) is 4. The van der Waals surface area contributed by atoms with Crippen LogP contribution in [0.1, 0.15) is 24.4 Å². The molecule has 7 heteroatoms. The lowest BCUT2D eigenvalue weighted by Gasteiger charge is -2.03. The number of nitriles is 1. The molecule has 1 aromatic carbocycles. The summed E-state index contributed by atoms with van der Waals surface area (Å²) in [5.74, 6) is -0.475. The first-order valence-corrected chi connectivity index (χ1v) is 6.54. The van der Waals surface area contributed by atoms with Crippen LogP contribution in [0.5, 0.6) is 0 Å². The Hall–Kier alpha value is -2.07. The van der Waals surface area contributed by atoms with Gasteiger partial charge in [0.05, 0.1) is 11.6 Å². The molecule has 2 aromatic rings. The van der Waals surface area contributed by atoms with E-state index in [1.807, 2.05) is 6.07 Å². The van der Waals surface area contributed by atoms with Crippen molar-refractivity contribution in [2.75, 3.05) is 0 Å². The summed E-state index contributed by atoms with van der Waals surface area (Å²) >= 11 is 1.18. The van der Waals surface area contributed by atoms with Crippen LogP contribution in [0.15, 0.2) is 33.0 Å². The summed E-state index contributed by atoms with van der Waals surface area (Å²) in [5.41, 5.74) is 0.000245. The Morgan fingerprint density at radius 3 is 2.95 bits per heavy atom. The Balaban J connectivity index is 1.95. The van der Waals surface area contributed by atoms with Crippen LogP contribution in [0.2, 0.25) is 0 Å². The van der Waals surface area contributed by atoms with Crippen LogP contribution in [0.25, 0.3) is 0 Å². The van der Waals surface area contributed by atoms with E-state index in [0.717, 1.165) is 12.8 Å². The largest absolute Gasteiger partial charge is 0.344 e. The van der Waals surface area contributed by atoms with E-state index in [4.69, 9.17) is 5.26 Å². The first-order chi connectivity index (χ1) is 9.17. The van der Waals surface area contributed by atoms with Crippen molar-refractivity contribution in [2.45, 2.75) is 28.9 Å². The molecule has 0 unspecified atom stereocenters. The Bertz CT molecular complexity index is 726. The first kappa shape index (κ1) is 12.0. The zero-order chi connectivity index (χ0) is 13.4. The smallest absolute Gasteiger partial charge is 0.267 e. The quantitative estimate of drug-likeness (QED) is 0.931. The molecule has 0 spiro atoms. The molecule has 1 aliphatic carbocycles. The summed E-state index contributed by atoms with van der Waals surface area (Å²) in [5, 5.41) is 15.6. The predicted octanol–water partition coefficient (Wildman–Crippen LogP) is 2.07. The molecule has 0 bridgehead atoms. The van der Waals surface area contributed by atoms with Crippen molar-refractivity contribution in [3.05, 3.63) is 40.1 Å². The van der Waals surface area contributed by atoms with Crippen LogP contribution in [0, 0.1) is 17.1 Å². The number of hydrogen-bond donors (Lipinski definition) is 1. The van der Waals surface area contributed by atoms with Crippen molar-refractivity contribution >= 4 is 11.8 Å². The zero-order valence-corrected chi connectivity index (χ0v) is 10.6. The molecule has 1 N–H and O–H groups in total. The third-order valence-corrected chi connectivity index (χ3v) is 3.74. The summed E-state index contributed by atoms with van der Waals surface area (Å²) in [6, 6.07) is 6.16. The second-order valence-electron chi connectivity index (χ2n) is 4.30. The second kappa shape index (κ2) is 4.55. The summed E-state index contributed by atoms with van der Waals surface area (Å²) in [6.07, 6.45) is 1.92. The van der Waals surface area contributed by atoms with E-state index in [9.17, 15) is 9.18 Å². The number of aromatic amines is 1. The molecule has 0 amide bonds. The van der Waals surface area contributed by atoms with Crippen LogP contribution < -0.4 is 5.69 Å². The number of H-pyrrole nitrogens is 1. The highest BCUT2D eigenvalue weighted by Crippen LogP contribution is 2.37. The minimum absolute atomic E-state index is 0.192. The van der Waals surface area contributed by atoms with Crippen molar-refractivity contribution in [3.63, 3.8) is 0 Å². The summed E-state index contributed by atoms with van der Waals surface area (Å²) in [6.45, 7) is 0. The van der Waals surface area contributed by atoms with Gasteiger partial charge in [-0.1, -0.05) is 0 Å². The Kier molecular flexibility index (Phi) is 2.87. The van der Waals surface area contributed by atoms with Gasteiger partial charge in [0, 0.05) is 10.9 Å². The molecule has 0 atom stereocenters. The highest BCUT2D eigenvalue weighted by atomic mass is 32.2. The molecule has 3 rings (SSSR count). The molecule has 1 aromatic heterocycles. The number of nitrogens with zero attached hydrogens (tertiary/aromatic N) is 3. The standard InChI is InChI=1S/C12H9FN4OS/c13-8-3-7(6-14)4-10(5-8)19-12-16-15-11(18)17(12)9-1-2-9/h3-5,9H,1-2H2,(H,15,18). The third-order valence-electron chi connectivity index (χ3n) is 2.79. The van der Waals surface area contributed by atoms with Crippen molar-refractivity contribution in [2.24, 2.45) is 0 Å². The summed E-state index contributed by atoms with van der Waals surface area (Å²) in [7, 11) is 0. The molecular weight excluding hydrogens is 267 g/mol. The lowest BCUT2D eigenvalue weighted by Crippen LogP contribution is -2.15. The van der Waals surface area contributed by atoms with Crippen LogP contribution in [0.3, 0.4) is 0 Å². The average molecular weight is 276 g/mol. The number of halogens is 1. The maximum Gasteiger partial charge on any atom is 0.344 e. The molecule has 1 aliphatic rings. The predicted molar refractivity (Wildman–Crippen MR) is 66.4 cm³/mol. The monoisotopic (exact) mass is 276 g/mol. The van der Waals surface area contributed by atoms with Crippen molar-refractivity contribution < 1.29 is 4.39 Å². The Morgan fingerprint density at radius 2 is 2.26 bits per heavy atom. The normalized spacial score (nSPS) is 14.3. The van der Waals surface area contributed by atoms with Crippen LogP contribution >= 0.6 is 11.8 Å². The fourth-order valence-corrected chi connectivity index (χ4v) is 2.80. The highest BCUT2D eigenvalue weighted by Gasteiger charge is 2.28. The first-order valence-electron chi connectivity index (χ1n) is 5.73. The van der Waals surface area contributed by atoms with Gasteiger partial charge in [-0.25, -0.2) is 14.3 Å². The average Bonchev–Trinajstić information content (AvgIpc) is 3.14. The Morgan fingerprint density at radius 1 is 1.47 bits per heavy atom. The number of aromatic nitrogens is 3. The molecule has 0 saturated heterocycles. The van der Waals surface area contributed by atoms with E-state index >= 15 is 0 Å². The number of benzene rings is 1. The van der Waals surface area contributed by atoms with E-state index in [1.165, 1.54) is 23.9 Å². The van der Waals surface area contributed by atoms with Gasteiger partial charge in [0.1, 0.15) is 5.82 Å². The topological polar surface area (TPSA) is 74.5 Å². The minimum Gasteiger partial charge on any atom is -0.267 e. The van der Waals surface area contributed by atoms with Gasteiger partial charge in [-0.05, 0) is 42.8 Å². The second-order valence-corrected chi connectivity index (χ2v) is 5.34. The van der Waals surface area contributed by atoms with Crippen molar-refractivity contribution in [3.8, 4) is 6.07 Å². The van der Waals surface area contributed by atoms with Gasteiger partial charge in [0.15, 0.2) is 5.16 Å². The van der Waals surface area contributed by atoms with E-state index in [0.29, 0.717) is 10.1 Å². The van der Waals surface area contributed by atoms with Gasteiger partial charge in [0.25, 0.3) is 0 Å². The number of rotatable bonds is 3. The number of nitrogens with one attached hydrogen (secondary N) is 1. The van der Waals surface area contributed by atoms with Crippen molar-refractivity contribution in [1.29, 1.82) is 5.26 Å². The lowest BCUT2D eigenvalue weighted by molar-refractivity contribution is 0.623. The molecule has 5 nitrogen and oxygen atoms in total. The third kappa shape index (κ3) is 2.39. The zero-order valence-electron chi connectivity index (χ0n) is 9.76. The van der Waals surface area contributed by atoms with Gasteiger partial charge < -0.3 is 0 Å². The van der Waals surface area contributed by atoms with E-state index in [-0.39, 0.29) is 17.3 Å².